The van der Waals surface area contributed by atoms with Gasteiger partial charge in [0.2, 0.25) is 0 Å². The summed E-state index contributed by atoms with van der Waals surface area (Å²) in [6.07, 6.45) is 0. The molecular formula is C126H101N7. The van der Waals surface area contributed by atoms with Crippen molar-refractivity contribution in [2.75, 3.05) is 34.3 Å². The molecule has 0 atom stereocenters. The Hall–Kier alpha value is -17.0. The summed E-state index contributed by atoms with van der Waals surface area (Å²) in [6.45, 7) is 12.9. The van der Waals surface area contributed by atoms with Crippen LogP contribution in [-0.4, -0.2) is 0 Å². The van der Waals surface area contributed by atoms with Crippen molar-refractivity contribution in [1.82, 2.24) is 0 Å². The van der Waals surface area contributed by atoms with Crippen LogP contribution in [0.15, 0.2) is 504 Å². The van der Waals surface area contributed by atoms with Gasteiger partial charge in [-0.1, -0.05) is 254 Å². The molecule has 0 aliphatic heterocycles. The molecule has 0 aliphatic rings. The molecule has 0 saturated carbocycles. The quantitative estimate of drug-likeness (QED) is 0.0532. The first-order valence-electron chi connectivity index (χ1n) is 45.6. The van der Waals surface area contributed by atoms with E-state index >= 15 is 0 Å². The van der Waals surface area contributed by atoms with Crippen LogP contribution in [0.4, 0.5) is 119 Å². The van der Waals surface area contributed by atoms with Crippen molar-refractivity contribution < 1.29 is 0 Å². The van der Waals surface area contributed by atoms with E-state index in [1.54, 1.807) is 0 Å². The van der Waals surface area contributed by atoms with E-state index in [-0.39, 0.29) is 0 Å². The Kier molecular flexibility index (Phi) is 24.1. The molecule has 0 aliphatic carbocycles. The smallest absolute Gasteiger partial charge is 0.0464 e. The maximum atomic E-state index is 2.37. The minimum Gasteiger partial charge on any atom is -0.311 e. The Morgan fingerprint density at radius 3 is 0.346 bits per heavy atom. The summed E-state index contributed by atoms with van der Waals surface area (Å²) < 4.78 is 0. The van der Waals surface area contributed by atoms with Gasteiger partial charge in [0, 0.05) is 119 Å². The van der Waals surface area contributed by atoms with Crippen LogP contribution in [0.5, 0.6) is 0 Å². The first kappa shape index (κ1) is 84.2. The van der Waals surface area contributed by atoms with Gasteiger partial charge in [-0.25, -0.2) is 0 Å². The van der Waals surface area contributed by atoms with Gasteiger partial charge in [0.1, 0.15) is 0 Å². The standard InChI is InChI=1S/C126H101N7/c1-90-37-59-109(60-38-90)127(111-63-41-98(42-64-111)100-47-69-114(70-48-100)129(106-26-10-7-11-27-106)122-32-16-21-91(2)85-122)110-61-39-96(40-62-110)97-43-65-112(66-44-97)128(120-81-83-121(84-82-120)133(126-36-20-25-95(6)89-126)119-79-57-105(58-80-119)102-51-73-116(74-52-102)131(108-30-14-9-15-31-108)124-34-18-23-93(4)87-124)113-67-45-99(46-68-113)103-53-75-117(76-54-103)132(125-35-19-24-94(5)88-125)118-77-55-104(56-78-118)101-49-71-115(72-50-101)130(107-28-12-8-13-29-107)123-33-17-22-92(3)86-123/h7-89H,1-6H3. The second-order valence-corrected chi connectivity index (χ2v) is 34.4. The molecule has 640 valence electrons. The SMILES string of the molecule is Cc1ccc(N(c2ccc(-c3ccc(N(c4ccc(-c5ccc(N(c6ccc(-c7ccc(N(c8ccccc8)c8cccc(C)c8)cc7)cc6)c6cccc(C)c6)cc5)cc4)c4ccc(N(c5ccc(-c6ccc(N(c7ccccc7)c7cccc(C)c7)cc6)cc5)c5cccc(C)c5)cc4)cc3)cc2)c2ccc(-c3ccc(N(c4ccccc4)c4cccc(C)c4)cc3)cc2)cc1. The van der Waals surface area contributed by atoms with Gasteiger partial charge >= 0.3 is 0 Å². The number of hydrogen-bond donors (Lipinski definition) is 0. The largest absolute Gasteiger partial charge is 0.311 e. The molecule has 20 aromatic rings. The molecule has 0 unspecified atom stereocenters. The highest BCUT2D eigenvalue weighted by molar-refractivity contribution is 5.89. The Bertz CT molecular complexity index is 7340. The van der Waals surface area contributed by atoms with E-state index in [2.05, 4.69) is 579 Å². The van der Waals surface area contributed by atoms with E-state index in [0.717, 1.165) is 175 Å². The lowest BCUT2D eigenvalue weighted by atomic mass is 10.0. The van der Waals surface area contributed by atoms with Crippen molar-refractivity contribution in [3.8, 4) is 55.6 Å². The van der Waals surface area contributed by atoms with Gasteiger partial charge in [-0.2, -0.15) is 0 Å². The Balaban J connectivity index is 0.598. The summed E-state index contributed by atoms with van der Waals surface area (Å²) in [4.78, 5) is 16.4. The molecule has 20 rings (SSSR count). The Labute approximate surface area is 782 Å². The van der Waals surface area contributed by atoms with Gasteiger partial charge in [0.15, 0.2) is 0 Å². The molecule has 0 saturated heterocycles. The molecule has 20 aromatic carbocycles. The number of aryl methyl sites for hydroxylation is 6. The summed E-state index contributed by atoms with van der Waals surface area (Å²) in [5.41, 5.74) is 41.3. The fourth-order valence-corrected chi connectivity index (χ4v) is 18.2. The van der Waals surface area contributed by atoms with Crippen LogP contribution in [0.3, 0.4) is 0 Å². The Morgan fingerprint density at radius 2 is 0.203 bits per heavy atom. The fraction of sp³-hybridized carbons (Fsp3) is 0.0476. The number of benzene rings is 20. The molecule has 0 aromatic heterocycles. The van der Waals surface area contributed by atoms with Gasteiger partial charge < -0.3 is 34.3 Å². The summed E-state index contributed by atoms with van der Waals surface area (Å²) in [5.74, 6) is 0. The van der Waals surface area contributed by atoms with E-state index in [1.165, 1.54) is 33.4 Å². The van der Waals surface area contributed by atoms with Crippen molar-refractivity contribution in [3.63, 3.8) is 0 Å². The van der Waals surface area contributed by atoms with Crippen LogP contribution < -0.4 is 34.3 Å². The second-order valence-electron chi connectivity index (χ2n) is 34.4. The first-order chi connectivity index (χ1) is 65.3. The summed E-state index contributed by atoms with van der Waals surface area (Å²) in [7, 11) is 0. The lowest BCUT2D eigenvalue weighted by Gasteiger charge is -2.29. The topological polar surface area (TPSA) is 22.7 Å². The maximum Gasteiger partial charge on any atom is 0.0464 e. The highest BCUT2D eigenvalue weighted by atomic mass is 15.2. The van der Waals surface area contributed by atoms with Crippen LogP contribution in [-0.2, 0) is 0 Å². The third-order valence-corrected chi connectivity index (χ3v) is 24.9. The van der Waals surface area contributed by atoms with Crippen LogP contribution in [0.2, 0.25) is 0 Å². The van der Waals surface area contributed by atoms with Crippen LogP contribution in [0.25, 0.3) is 55.6 Å². The van der Waals surface area contributed by atoms with E-state index in [0.29, 0.717) is 0 Å². The second kappa shape index (κ2) is 38.1. The monoisotopic (exact) mass is 1710 g/mol. The van der Waals surface area contributed by atoms with Crippen LogP contribution in [0.1, 0.15) is 33.4 Å². The normalized spacial score (nSPS) is 11.1. The van der Waals surface area contributed by atoms with E-state index in [4.69, 9.17) is 0 Å². The highest BCUT2D eigenvalue weighted by Crippen LogP contribution is 2.47. The van der Waals surface area contributed by atoms with Crippen molar-refractivity contribution in [2.45, 2.75) is 41.5 Å². The molecule has 0 fully saturated rings. The van der Waals surface area contributed by atoms with Crippen LogP contribution in [0, 0.1) is 41.5 Å². The maximum absolute atomic E-state index is 2.37. The van der Waals surface area contributed by atoms with Crippen molar-refractivity contribution in [2.24, 2.45) is 0 Å². The predicted molar refractivity (Wildman–Crippen MR) is 565 cm³/mol. The average molecular weight is 1710 g/mol. The number of rotatable bonds is 26. The lowest BCUT2D eigenvalue weighted by molar-refractivity contribution is 1.25. The third kappa shape index (κ3) is 18.6. The van der Waals surface area contributed by atoms with Crippen molar-refractivity contribution >= 4 is 119 Å². The minimum atomic E-state index is 1.02. The zero-order chi connectivity index (χ0) is 90.1. The highest BCUT2D eigenvalue weighted by Gasteiger charge is 2.24. The fourth-order valence-electron chi connectivity index (χ4n) is 18.2. The lowest BCUT2D eigenvalue weighted by Crippen LogP contribution is -2.12. The predicted octanol–water partition coefficient (Wildman–Crippen LogP) is 36.2. The molecule has 0 radical (unpaired) electrons. The molecule has 0 heterocycles. The molecule has 0 spiro atoms. The summed E-state index contributed by atoms with van der Waals surface area (Å²) in [6, 6.07) is 183. The van der Waals surface area contributed by atoms with E-state index in [1.807, 2.05) is 0 Å². The van der Waals surface area contributed by atoms with Gasteiger partial charge in [0.25, 0.3) is 0 Å². The molecule has 0 bridgehead atoms. The number of hydrogen-bond acceptors (Lipinski definition) is 7. The van der Waals surface area contributed by atoms with Gasteiger partial charge in [-0.15, -0.1) is 0 Å². The third-order valence-electron chi connectivity index (χ3n) is 24.9. The summed E-state index contributed by atoms with van der Waals surface area (Å²) in [5, 5.41) is 0. The Morgan fingerprint density at radius 1 is 0.0902 bits per heavy atom. The molecular weight excluding hydrogens is 1610 g/mol. The minimum absolute atomic E-state index is 1.02. The van der Waals surface area contributed by atoms with Gasteiger partial charge in [0.05, 0.1) is 0 Å². The van der Waals surface area contributed by atoms with Crippen LogP contribution >= 0.6 is 0 Å². The zero-order valence-electron chi connectivity index (χ0n) is 75.6. The van der Waals surface area contributed by atoms with E-state index < -0.39 is 0 Å². The summed E-state index contributed by atoms with van der Waals surface area (Å²) >= 11 is 0. The zero-order valence-corrected chi connectivity index (χ0v) is 75.6. The number of anilines is 21. The molecule has 0 N–H and O–H groups in total. The number of para-hydroxylation sites is 3. The van der Waals surface area contributed by atoms with Crippen molar-refractivity contribution in [3.05, 3.63) is 537 Å². The molecule has 133 heavy (non-hydrogen) atoms. The van der Waals surface area contributed by atoms with E-state index in [9.17, 15) is 0 Å². The molecule has 0 amide bonds. The molecule has 7 nitrogen and oxygen atoms in total. The average Bonchev–Trinajstić information content (AvgIpc) is 0.776. The number of nitrogens with zero attached hydrogens (tertiary/aromatic N) is 7. The van der Waals surface area contributed by atoms with Crippen molar-refractivity contribution in [1.29, 1.82) is 0 Å². The van der Waals surface area contributed by atoms with Gasteiger partial charge in [-0.05, 0) is 380 Å². The first-order valence-corrected chi connectivity index (χ1v) is 45.6. The van der Waals surface area contributed by atoms with Gasteiger partial charge in [-0.3, -0.25) is 0 Å². The molecule has 7 heteroatoms.